The first-order valence-electron chi connectivity index (χ1n) is 4.51. The van der Waals surface area contributed by atoms with Crippen LogP contribution < -0.4 is 5.14 Å². The number of hydrogen-bond donors (Lipinski definition) is 1. The third-order valence-electron chi connectivity index (χ3n) is 2.04. The van der Waals surface area contributed by atoms with Crippen molar-refractivity contribution in [2.75, 3.05) is 6.26 Å². The molecule has 0 atom stereocenters. The molecule has 0 radical (unpaired) electrons. The van der Waals surface area contributed by atoms with Gasteiger partial charge in [-0.1, -0.05) is 5.10 Å². The molecule has 6 nitrogen and oxygen atoms in total. The smallest absolute Gasteiger partial charge is 0.291 e. The molecule has 0 bridgehead atoms. The Hall–Kier alpha value is -1.38. The van der Waals surface area contributed by atoms with Crippen molar-refractivity contribution < 1.29 is 12.8 Å². The number of nitrogens with zero attached hydrogens (tertiary/aromatic N) is 2. The number of benzene rings is 1. The van der Waals surface area contributed by atoms with Crippen molar-refractivity contribution in [3.8, 4) is 11.5 Å². The maximum atomic E-state index is 11.3. The van der Waals surface area contributed by atoms with Gasteiger partial charge in [-0.2, -0.15) is 0 Å². The van der Waals surface area contributed by atoms with Gasteiger partial charge < -0.3 is 4.42 Å². The Morgan fingerprint density at radius 2 is 1.88 bits per heavy atom. The quantitative estimate of drug-likeness (QED) is 0.834. The fraction of sp³-hybridized carbons (Fsp3) is 0.111. The Balaban J connectivity index is 2.35. The summed E-state index contributed by atoms with van der Waals surface area (Å²) in [5.74, 6) is 0.304. The van der Waals surface area contributed by atoms with E-state index in [9.17, 15) is 8.42 Å². The molecule has 0 unspecified atom stereocenters. The fourth-order valence-electron chi connectivity index (χ4n) is 1.22. The summed E-state index contributed by atoms with van der Waals surface area (Å²) in [6, 6.07) is 6.19. The van der Waals surface area contributed by atoms with Gasteiger partial charge in [0.25, 0.3) is 5.22 Å². The van der Waals surface area contributed by atoms with E-state index in [4.69, 9.17) is 9.56 Å². The molecule has 2 N–H and O–H groups in total. The lowest BCUT2D eigenvalue weighted by molar-refractivity contribution is 0.466. The molecule has 1 heterocycles. The molecule has 0 saturated heterocycles. The normalized spacial score (nSPS) is 11.6. The van der Waals surface area contributed by atoms with E-state index >= 15 is 0 Å². The van der Waals surface area contributed by atoms with Gasteiger partial charge in [0.15, 0.2) is 9.84 Å². The van der Waals surface area contributed by atoms with E-state index in [1.165, 1.54) is 12.1 Å². The number of sulfone groups is 1. The highest BCUT2D eigenvalue weighted by molar-refractivity contribution is 7.96. The van der Waals surface area contributed by atoms with Crippen molar-refractivity contribution >= 4 is 21.8 Å². The molecular formula is C9H9N3O3S2. The predicted molar refractivity (Wildman–Crippen MR) is 62.9 cm³/mol. The monoisotopic (exact) mass is 271 g/mol. The topological polar surface area (TPSA) is 99.1 Å². The zero-order valence-corrected chi connectivity index (χ0v) is 10.5. The van der Waals surface area contributed by atoms with Crippen LogP contribution in [0.2, 0.25) is 0 Å². The van der Waals surface area contributed by atoms with E-state index in [-0.39, 0.29) is 10.1 Å². The molecule has 0 aliphatic rings. The van der Waals surface area contributed by atoms with Gasteiger partial charge in [0, 0.05) is 23.8 Å². The molecule has 0 spiro atoms. The average molecular weight is 271 g/mol. The molecule has 0 amide bonds. The van der Waals surface area contributed by atoms with Gasteiger partial charge in [-0.05, 0) is 24.3 Å². The third kappa shape index (κ3) is 2.65. The van der Waals surface area contributed by atoms with Crippen LogP contribution in [0.15, 0.2) is 38.8 Å². The summed E-state index contributed by atoms with van der Waals surface area (Å²) in [6.07, 6.45) is 1.15. The first kappa shape index (κ1) is 12.1. The lowest BCUT2D eigenvalue weighted by Gasteiger charge is -1.98. The molecule has 8 heteroatoms. The number of hydrogen-bond acceptors (Lipinski definition) is 7. The second-order valence-corrected chi connectivity index (χ2v) is 5.89. The van der Waals surface area contributed by atoms with Gasteiger partial charge in [-0.3, -0.25) is 5.14 Å². The van der Waals surface area contributed by atoms with E-state index in [0.717, 1.165) is 18.2 Å². The summed E-state index contributed by atoms with van der Waals surface area (Å²) in [5, 5.41) is 13.0. The van der Waals surface area contributed by atoms with Crippen LogP contribution in [0.5, 0.6) is 0 Å². The number of rotatable bonds is 3. The lowest BCUT2D eigenvalue weighted by atomic mass is 10.2. The molecule has 2 rings (SSSR count). The van der Waals surface area contributed by atoms with Crippen LogP contribution in [0, 0.1) is 0 Å². The minimum absolute atomic E-state index is 0.245. The van der Waals surface area contributed by atoms with Crippen molar-refractivity contribution in [2.24, 2.45) is 5.14 Å². The van der Waals surface area contributed by atoms with Crippen LogP contribution in [0.1, 0.15) is 0 Å². The molecule has 1 aromatic carbocycles. The molecule has 2 aromatic rings. The minimum Gasteiger partial charge on any atom is -0.410 e. The molecular weight excluding hydrogens is 262 g/mol. The number of aromatic nitrogens is 2. The Morgan fingerprint density at radius 3 is 2.35 bits per heavy atom. The van der Waals surface area contributed by atoms with E-state index in [2.05, 4.69) is 10.2 Å². The molecule has 90 valence electrons. The zero-order valence-electron chi connectivity index (χ0n) is 8.82. The first-order valence-corrected chi connectivity index (χ1v) is 7.28. The zero-order chi connectivity index (χ0) is 12.5. The summed E-state index contributed by atoms with van der Waals surface area (Å²) < 4.78 is 27.7. The van der Waals surface area contributed by atoms with E-state index in [1.807, 2.05) is 0 Å². The van der Waals surface area contributed by atoms with Crippen LogP contribution >= 0.6 is 11.9 Å². The SMILES string of the molecule is CS(=O)(=O)c1ccc(-c2nnc(SN)o2)cc1. The molecule has 17 heavy (non-hydrogen) atoms. The number of nitrogens with two attached hydrogens (primary N) is 1. The van der Waals surface area contributed by atoms with E-state index in [0.29, 0.717) is 11.5 Å². The molecule has 1 aromatic heterocycles. The van der Waals surface area contributed by atoms with E-state index < -0.39 is 9.84 Å². The molecule has 0 fully saturated rings. The summed E-state index contributed by atoms with van der Waals surface area (Å²) in [6.45, 7) is 0. The Labute approximate surface area is 102 Å². The van der Waals surface area contributed by atoms with Crippen molar-refractivity contribution in [1.29, 1.82) is 0 Å². The Kier molecular flexibility index (Phi) is 3.18. The molecule has 0 aliphatic heterocycles. The summed E-state index contributed by atoms with van der Waals surface area (Å²) >= 11 is 0.856. The van der Waals surface area contributed by atoms with Gasteiger partial charge in [-0.25, -0.2) is 8.42 Å². The third-order valence-corrected chi connectivity index (χ3v) is 3.53. The molecule has 0 saturated carbocycles. The highest BCUT2D eigenvalue weighted by Gasteiger charge is 2.10. The van der Waals surface area contributed by atoms with Crippen LogP contribution in [-0.2, 0) is 9.84 Å². The van der Waals surface area contributed by atoms with Crippen LogP contribution in [0.3, 0.4) is 0 Å². The lowest BCUT2D eigenvalue weighted by Crippen LogP contribution is -1.96. The maximum Gasteiger partial charge on any atom is 0.291 e. The highest BCUT2D eigenvalue weighted by Crippen LogP contribution is 2.22. The van der Waals surface area contributed by atoms with Crippen molar-refractivity contribution in [3.63, 3.8) is 0 Å². The van der Waals surface area contributed by atoms with Gasteiger partial charge in [0.2, 0.25) is 5.89 Å². The first-order chi connectivity index (χ1) is 8.00. The second-order valence-electron chi connectivity index (χ2n) is 3.29. The fourth-order valence-corrected chi connectivity index (χ4v) is 2.06. The largest absolute Gasteiger partial charge is 0.410 e. The Bertz CT molecular complexity index is 619. The van der Waals surface area contributed by atoms with Crippen molar-refractivity contribution in [1.82, 2.24) is 10.2 Å². The van der Waals surface area contributed by atoms with Gasteiger partial charge >= 0.3 is 0 Å². The van der Waals surface area contributed by atoms with Crippen molar-refractivity contribution in [3.05, 3.63) is 24.3 Å². The molecule has 0 aliphatic carbocycles. The summed E-state index contributed by atoms with van der Waals surface area (Å²) in [7, 11) is -3.19. The van der Waals surface area contributed by atoms with Crippen LogP contribution in [-0.4, -0.2) is 24.9 Å². The van der Waals surface area contributed by atoms with Gasteiger partial charge in [0.05, 0.1) is 4.90 Å². The Morgan fingerprint density at radius 1 is 1.24 bits per heavy atom. The average Bonchev–Trinajstić information content (AvgIpc) is 2.76. The van der Waals surface area contributed by atoms with E-state index in [1.54, 1.807) is 12.1 Å². The standard InChI is InChI=1S/C9H9N3O3S2/c1-17(13,14)7-4-2-6(3-5-7)8-11-12-9(15-8)16-10/h2-5H,10H2,1H3. The van der Waals surface area contributed by atoms with Crippen LogP contribution in [0.25, 0.3) is 11.5 Å². The predicted octanol–water partition coefficient (Wildman–Crippen LogP) is 1.11. The summed E-state index contributed by atoms with van der Waals surface area (Å²) in [5.41, 5.74) is 0.644. The summed E-state index contributed by atoms with van der Waals surface area (Å²) in [4.78, 5) is 0.245. The maximum absolute atomic E-state index is 11.3. The van der Waals surface area contributed by atoms with Crippen LogP contribution in [0.4, 0.5) is 0 Å². The highest BCUT2D eigenvalue weighted by atomic mass is 32.2. The van der Waals surface area contributed by atoms with Gasteiger partial charge in [0.1, 0.15) is 0 Å². The minimum atomic E-state index is -3.19. The second kappa shape index (κ2) is 4.47. The van der Waals surface area contributed by atoms with Crippen molar-refractivity contribution in [2.45, 2.75) is 10.1 Å². The van der Waals surface area contributed by atoms with Gasteiger partial charge in [-0.15, -0.1) is 5.10 Å².